The van der Waals surface area contributed by atoms with E-state index < -0.39 is 0 Å². The average Bonchev–Trinajstić information content (AvgIpc) is 2.73. The Morgan fingerprint density at radius 1 is 0.846 bits per heavy atom. The molecule has 0 heterocycles. The van der Waals surface area contributed by atoms with E-state index in [0.717, 1.165) is 28.8 Å². The summed E-state index contributed by atoms with van der Waals surface area (Å²) in [6.45, 7) is 2.09. The predicted molar refractivity (Wildman–Crippen MR) is 109 cm³/mol. The maximum absolute atomic E-state index is 5.96. The average molecular weight is 341 g/mol. The topological polar surface area (TPSA) is 21.6 Å². The molecule has 3 aromatic rings. The Labute approximate surface area is 155 Å². The van der Waals surface area contributed by atoms with E-state index in [0.29, 0.717) is 0 Å². The lowest BCUT2D eigenvalue weighted by molar-refractivity contribution is 0.0931. The predicted octanol–water partition coefficient (Wildman–Crippen LogP) is 6.27. The van der Waals surface area contributed by atoms with Crippen molar-refractivity contribution >= 4 is 11.8 Å². The van der Waals surface area contributed by atoms with E-state index in [1.165, 1.54) is 0 Å². The van der Waals surface area contributed by atoms with Gasteiger partial charge in [0.25, 0.3) is 0 Å². The normalized spacial score (nSPS) is 12.9. The lowest BCUT2D eigenvalue weighted by atomic mass is 10.1. The second-order valence-corrected chi connectivity index (χ2v) is 5.96. The van der Waals surface area contributed by atoms with E-state index in [2.05, 4.69) is 54.6 Å². The summed E-state index contributed by atoms with van der Waals surface area (Å²) in [5, 5.41) is 4.47. The molecule has 0 amide bonds. The molecule has 0 radical (unpaired) electrons. The molecular weight excluding hydrogens is 318 g/mol. The Morgan fingerprint density at radius 3 is 2.04 bits per heavy atom. The number of oxime groups is 1. The number of hydrogen-bond acceptors (Lipinski definition) is 2. The quantitative estimate of drug-likeness (QED) is 0.366. The van der Waals surface area contributed by atoms with Gasteiger partial charge in [-0.25, -0.2) is 0 Å². The first kappa shape index (κ1) is 17.7. The van der Waals surface area contributed by atoms with Gasteiger partial charge in [-0.05, 0) is 29.2 Å². The van der Waals surface area contributed by atoms with Crippen LogP contribution in [0.5, 0.6) is 0 Å². The summed E-state index contributed by atoms with van der Waals surface area (Å²) in [5.74, 6) is 0. The van der Waals surface area contributed by atoms with E-state index in [1.807, 2.05) is 60.7 Å². The molecule has 0 bridgehead atoms. The van der Waals surface area contributed by atoms with Gasteiger partial charge in [-0.15, -0.1) is 0 Å². The first-order valence-corrected chi connectivity index (χ1v) is 8.93. The van der Waals surface area contributed by atoms with Crippen molar-refractivity contribution in [1.82, 2.24) is 0 Å². The molecule has 2 heteroatoms. The van der Waals surface area contributed by atoms with Crippen molar-refractivity contribution in [3.63, 3.8) is 0 Å². The third-order valence-corrected chi connectivity index (χ3v) is 4.11. The fourth-order valence-corrected chi connectivity index (χ4v) is 2.68. The zero-order valence-electron chi connectivity index (χ0n) is 15.0. The third kappa shape index (κ3) is 4.93. The molecule has 0 saturated heterocycles. The highest BCUT2D eigenvalue weighted by atomic mass is 16.6. The lowest BCUT2D eigenvalue weighted by Gasteiger charge is -2.13. The maximum atomic E-state index is 5.96. The van der Waals surface area contributed by atoms with Crippen LogP contribution in [-0.4, -0.2) is 5.71 Å². The molecule has 0 unspecified atom stereocenters. The van der Waals surface area contributed by atoms with E-state index in [9.17, 15) is 0 Å². The van der Waals surface area contributed by atoms with Crippen molar-refractivity contribution in [3.05, 3.63) is 114 Å². The van der Waals surface area contributed by atoms with Gasteiger partial charge in [0.05, 0.1) is 5.71 Å². The van der Waals surface area contributed by atoms with Crippen LogP contribution in [0.3, 0.4) is 0 Å². The largest absolute Gasteiger partial charge is 0.383 e. The monoisotopic (exact) mass is 341 g/mol. The molecule has 0 aromatic heterocycles. The third-order valence-electron chi connectivity index (χ3n) is 4.11. The summed E-state index contributed by atoms with van der Waals surface area (Å²) in [6, 6.07) is 30.5. The van der Waals surface area contributed by atoms with Gasteiger partial charge in [0.15, 0.2) is 6.10 Å². The van der Waals surface area contributed by atoms with Crippen molar-refractivity contribution in [2.45, 2.75) is 19.4 Å². The molecule has 130 valence electrons. The summed E-state index contributed by atoms with van der Waals surface area (Å²) < 4.78 is 0. The molecule has 0 spiro atoms. The minimum absolute atomic E-state index is 0.235. The summed E-state index contributed by atoms with van der Waals surface area (Å²) in [5.41, 5.74) is 4.25. The lowest BCUT2D eigenvalue weighted by Crippen LogP contribution is -2.03. The van der Waals surface area contributed by atoms with Crippen molar-refractivity contribution in [2.75, 3.05) is 0 Å². The van der Waals surface area contributed by atoms with E-state index in [4.69, 9.17) is 4.84 Å². The zero-order chi connectivity index (χ0) is 18.0. The van der Waals surface area contributed by atoms with Crippen LogP contribution in [0, 0.1) is 0 Å². The molecule has 1 atom stereocenters. The van der Waals surface area contributed by atoms with Crippen molar-refractivity contribution < 1.29 is 4.84 Å². The minimum atomic E-state index is -0.235. The van der Waals surface area contributed by atoms with Gasteiger partial charge < -0.3 is 4.84 Å². The van der Waals surface area contributed by atoms with E-state index >= 15 is 0 Å². The van der Waals surface area contributed by atoms with Crippen LogP contribution in [-0.2, 0) is 4.84 Å². The molecular formula is C24H23NO. The summed E-state index contributed by atoms with van der Waals surface area (Å²) in [4.78, 5) is 5.96. The second-order valence-electron chi connectivity index (χ2n) is 5.96. The minimum Gasteiger partial charge on any atom is -0.383 e. The molecule has 3 aromatic carbocycles. The van der Waals surface area contributed by atoms with Crippen LogP contribution in [0.2, 0.25) is 0 Å². The van der Waals surface area contributed by atoms with Gasteiger partial charge in [-0.1, -0.05) is 109 Å². The van der Waals surface area contributed by atoms with Crippen molar-refractivity contribution in [3.8, 4) is 0 Å². The molecule has 3 rings (SSSR count). The number of nitrogens with zero attached hydrogens (tertiary/aromatic N) is 1. The van der Waals surface area contributed by atoms with Crippen LogP contribution in [0.1, 0.15) is 36.1 Å². The van der Waals surface area contributed by atoms with Gasteiger partial charge in [-0.3, -0.25) is 0 Å². The Hall–Kier alpha value is -3.13. The van der Waals surface area contributed by atoms with E-state index in [1.54, 1.807) is 0 Å². The van der Waals surface area contributed by atoms with Gasteiger partial charge in [0.1, 0.15) is 0 Å². The fourth-order valence-electron chi connectivity index (χ4n) is 2.68. The summed E-state index contributed by atoms with van der Waals surface area (Å²) in [6.07, 6.45) is 4.70. The molecule has 2 nitrogen and oxygen atoms in total. The molecule has 26 heavy (non-hydrogen) atoms. The molecule has 0 N–H and O–H groups in total. The van der Waals surface area contributed by atoms with Gasteiger partial charge in [-0.2, -0.15) is 0 Å². The first-order valence-electron chi connectivity index (χ1n) is 8.93. The highest BCUT2D eigenvalue weighted by molar-refractivity contribution is 5.99. The van der Waals surface area contributed by atoms with Crippen LogP contribution in [0.25, 0.3) is 6.08 Å². The number of rotatable bonds is 7. The first-order chi connectivity index (χ1) is 12.9. The number of hydrogen-bond donors (Lipinski definition) is 0. The van der Waals surface area contributed by atoms with Crippen LogP contribution in [0.15, 0.2) is 102 Å². The van der Waals surface area contributed by atoms with Gasteiger partial charge in [0.2, 0.25) is 0 Å². The molecule has 0 saturated carbocycles. The SMILES string of the molecule is CC/C(=N\O[C@@H](/C=C/c1ccccc1)c1ccccc1)c1ccccc1. The van der Waals surface area contributed by atoms with Gasteiger partial charge >= 0.3 is 0 Å². The Morgan fingerprint density at radius 2 is 1.42 bits per heavy atom. The summed E-state index contributed by atoms with van der Waals surface area (Å²) in [7, 11) is 0. The Bertz CT molecular complexity index is 839. The van der Waals surface area contributed by atoms with Crippen molar-refractivity contribution in [1.29, 1.82) is 0 Å². The maximum Gasteiger partial charge on any atom is 0.171 e. The second kappa shape index (κ2) is 9.38. The van der Waals surface area contributed by atoms with E-state index in [-0.39, 0.29) is 6.10 Å². The highest BCUT2D eigenvalue weighted by Gasteiger charge is 2.10. The van der Waals surface area contributed by atoms with Crippen LogP contribution < -0.4 is 0 Å². The fraction of sp³-hybridized carbons (Fsp3) is 0.125. The van der Waals surface area contributed by atoms with Gasteiger partial charge in [0, 0.05) is 0 Å². The highest BCUT2D eigenvalue weighted by Crippen LogP contribution is 2.21. The summed E-state index contributed by atoms with van der Waals surface area (Å²) >= 11 is 0. The standard InChI is InChI=1S/C24H23NO/c1-2-23(21-14-8-4-9-15-21)25-26-24(22-16-10-5-11-17-22)19-18-20-12-6-3-7-13-20/h3-19,24H,2H2,1H3/b19-18+,25-23+/t24-/m0/s1. The zero-order valence-corrected chi connectivity index (χ0v) is 15.0. The Kier molecular flexibility index (Phi) is 6.38. The molecule has 0 aliphatic carbocycles. The van der Waals surface area contributed by atoms with Crippen molar-refractivity contribution in [2.24, 2.45) is 5.16 Å². The van der Waals surface area contributed by atoms with Crippen LogP contribution >= 0.6 is 0 Å². The molecule has 0 aliphatic heterocycles. The van der Waals surface area contributed by atoms with Crippen LogP contribution in [0.4, 0.5) is 0 Å². The molecule has 0 fully saturated rings. The Balaban J connectivity index is 1.84. The smallest absolute Gasteiger partial charge is 0.171 e. The molecule has 0 aliphatic rings. The number of benzene rings is 3.